The second kappa shape index (κ2) is 6.64. The summed E-state index contributed by atoms with van der Waals surface area (Å²) < 4.78 is 5.38. The smallest absolute Gasteiger partial charge is 0.0857 e. The summed E-state index contributed by atoms with van der Waals surface area (Å²) in [5.74, 6) is 0. The van der Waals surface area contributed by atoms with Gasteiger partial charge >= 0.3 is 0 Å². The van der Waals surface area contributed by atoms with E-state index in [4.69, 9.17) is 0 Å². The lowest BCUT2D eigenvalue weighted by atomic mass is 9.89. The zero-order chi connectivity index (χ0) is 14.8. The van der Waals surface area contributed by atoms with Crippen molar-refractivity contribution in [3.8, 4) is 0 Å². The molecule has 2 aromatic rings. The Kier molecular flexibility index (Phi) is 5.34. The molecule has 0 saturated heterocycles. The Hall–Kier alpha value is -0.300. The van der Waals surface area contributed by atoms with Crippen LogP contribution in [0.2, 0.25) is 0 Å². The van der Waals surface area contributed by atoms with Gasteiger partial charge in [0.1, 0.15) is 0 Å². The molecule has 1 N–H and O–H groups in total. The van der Waals surface area contributed by atoms with Crippen LogP contribution in [0.1, 0.15) is 49.2 Å². The predicted octanol–water partition coefficient (Wildman–Crippen LogP) is 4.55. The van der Waals surface area contributed by atoms with Crippen LogP contribution in [0.25, 0.3) is 0 Å². The second-order valence-corrected chi connectivity index (χ2v) is 8.38. The molecule has 2 rings (SSSR count). The standard InChI is InChI=1S/C14H20BrN3S2/c1-5-16-10(8-11-9(15)6-7-19-11)12-13(14(2,3)4)17-18-20-12/h6-7,10,16H,5,8H2,1-4H3. The molecule has 0 aliphatic heterocycles. The van der Waals surface area contributed by atoms with Crippen molar-refractivity contribution in [1.29, 1.82) is 0 Å². The minimum atomic E-state index is 0.0304. The lowest BCUT2D eigenvalue weighted by Gasteiger charge is -2.22. The molecule has 2 heterocycles. The molecule has 3 nitrogen and oxygen atoms in total. The molecule has 1 atom stereocenters. The minimum Gasteiger partial charge on any atom is -0.309 e. The number of nitrogens with zero attached hydrogens (tertiary/aromatic N) is 2. The van der Waals surface area contributed by atoms with Crippen LogP contribution in [-0.4, -0.2) is 16.1 Å². The van der Waals surface area contributed by atoms with Gasteiger partial charge in [-0.05, 0) is 45.5 Å². The molecule has 0 spiro atoms. The predicted molar refractivity (Wildman–Crippen MR) is 90.7 cm³/mol. The zero-order valence-corrected chi connectivity index (χ0v) is 15.5. The minimum absolute atomic E-state index is 0.0304. The van der Waals surface area contributed by atoms with Gasteiger partial charge in [0.05, 0.1) is 10.6 Å². The molecule has 0 amide bonds. The van der Waals surface area contributed by atoms with E-state index < -0.39 is 0 Å². The van der Waals surface area contributed by atoms with E-state index >= 15 is 0 Å². The first-order valence-corrected chi connectivity index (χ1v) is 9.16. The van der Waals surface area contributed by atoms with Gasteiger partial charge in [0, 0.05) is 27.2 Å². The molecule has 0 aliphatic rings. The van der Waals surface area contributed by atoms with Gasteiger partial charge in [-0.15, -0.1) is 16.4 Å². The fourth-order valence-electron chi connectivity index (χ4n) is 2.11. The molecule has 110 valence electrons. The first-order valence-electron chi connectivity index (χ1n) is 6.71. The number of likely N-dealkylation sites (N-methyl/N-ethyl adjacent to an activating group) is 1. The van der Waals surface area contributed by atoms with Gasteiger partial charge < -0.3 is 5.32 Å². The van der Waals surface area contributed by atoms with Gasteiger partial charge in [-0.3, -0.25) is 0 Å². The van der Waals surface area contributed by atoms with E-state index in [0.29, 0.717) is 0 Å². The summed E-state index contributed by atoms with van der Waals surface area (Å²) in [4.78, 5) is 2.63. The van der Waals surface area contributed by atoms with Gasteiger partial charge in [0.2, 0.25) is 0 Å². The summed E-state index contributed by atoms with van der Waals surface area (Å²) in [6.45, 7) is 9.66. The number of rotatable bonds is 5. The van der Waals surface area contributed by atoms with Crippen LogP contribution in [0.3, 0.4) is 0 Å². The summed E-state index contributed by atoms with van der Waals surface area (Å²) >= 11 is 6.93. The summed E-state index contributed by atoms with van der Waals surface area (Å²) in [5.41, 5.74) is 1.14. The van der Waals surface area contributed by atoms with E-state index in [1.165, 1.54) is 25.8 Å². The van der Waals surface area contributed by atoms with Gasteiger partial charge in [0.25, 0.3) is 0 Å². The molecule has 0 aliphatic carbocycles. The van der Waals surface area contributed by atoms with Crippen molar-refractivity contribution in [3.05, 3.63) is 31.4 Å². The number of hydrogen-bond donors (Lipinski definition) is 1. The molecule has 0 saturated carbocycles. The molecule has 0 fully saturated rings. The van der Waals surface area contributed by atoms with Crippen LogP contribution >= 0.6 is 38.8 Å². The fraction of sp³-hybridized carbons (Fsp3) is 0.571. The molecule has 0 bridgehead atoms. The van der Waals surface area contributed by atoms with E-state index in [-0.39, 0.29) is 11.5 Å². The average Bonchev–Trinajstić information content (AvgIpc) is 2.97. The van der Waals surface area contributed by atoms with Crippen molar-refractivity contribution >= 4 is 38.8 Å². The summed E-state index contributed by atoms with van der Waals surface area (Å²) in [7, 11) is 0. The van der Waals surface area contributed by atoms with E-state index in [1.54, 1.807) is 11.3 Å². The van der Waals surface area contributed by atoms with E-state index in [1.807, 2.05) is 0 Å². The maximum absolute atomic E-state index is 4.36. The molecular formula is C14H20BrN3S2. The van der Waals surface area contributed by atoms with E-state index in [0.717, 1.165) is 18.7 Å². The molecule has 20 heavy (non-hydrogen) atoms. The Morgan fingerprint density at radius 3 is 2.70 bits per heavy atom. The van der Waals surface area contributed by atoms with Crippen molar-refractivity contribution in [2.75, 3.05) is 6.54 Å². The number of nitrogens with one attached hydrogen (secondary N) is 1. The van der Waals surface area contributed by atoms with Crippen LogP contribution < -0.4 is 5.32 Å². The van der Waals surface area contributed by atoms with Gasteiger partial charge in [-0.2, -0.15) is 0 Å². The van der Waals surface area contributed by atoms with Crippen molar-refractivity contribution < 1.29 is 0 Å². The monoisotopic (exact) mass is 373 g/mol. The SMILES string of the molecule is CCNC(Cc1sccc1Br)c1snnc1C(C)(C)C. The molecule has 0 aromatic carbocycles. The Labute approximate surface area is 137 Å². The lowest BCUT2D eigenvalue weighted by molar-refractivity contribution is 0.516. The van der Waals surface area contributed by atoms with Crippen molar-refractivity contribution in [2.45, 2.75) is 45.6 Å². The molecular weight excluding hydrogens is 354 g/mol. The van der Waals surface area contributed by atoms with Crippen molar-refractivity contribution in [3.63, 3.8) is 0 Å². The first kappa shape index (κ1) is 16.1. The highest BCUT2D eigenvalue weighted by Crippen LogP contribution is 2.34. The quantitative estimate of drug-likeness (QED) is 0.834. The molecule has 0 radical (unpaired) electrons. The number of hydrogen-bond acceptors (Lipinski definition) is 5. The average molecular weight is 374 g/mol. The summed E-state index contributed by atoms with van der Waals surface area (Å²) in [5, 5.41) is 10.1. The van der Waals surface area contributed by atoms with Gasteiger partial charge in [-0.1, -0.05) is 32.2 Å². The Morgan fingerprint density at radius 1 is 1.40 bits per heavy atom. The van der Waals surface area contributed by atoms with Gasteiger partial charge in [0.15, 0.2) is 0 Å². The van der Waals surface area contributed by atoms with Crippen LogP contribution in [0.4, 0.5) is 0 Å². The third-order valence-electron chi connectivity index (χ3n) is 3.07. The van der Waals surface area contributed by atoms with Gasteiger partial charge in [-0.25, -0.2) is 0 Å². The fourth-order valence-corrected chi connectivity index (χ4v) is 4.61. The first-order chi connectivity index (χ1) is 9.43. The van der Waals surface area contributed by atoms with Crippen LogP contribution in [-0.2, 0) is 11.8 Å². The Bertz CT molecular complexity index is 557. The number of thiophene rings is 1. The third-order valence-corrected chi connectivity index (χ3v) is 5.86. The third kappa shape index (κ3) is 3.67. The largest absolute Gasteiger partial charge is 0.309 e. The number of aromatic nitrogens is 2. The topological polar surface area (TPSA) is 37.8 Å². The lowest BCUT2D eigenvalue weighted by Crippen LogP contribution is -2.25. The Balaban J connectivity index is 2.30. The second-order valence-electron chi connectivity index (χ2n) is 5.74. The Morgan fingerprint density at radius 2 is 2.15 bits per heavy atom. The zero-order valence-electron chi connectivity index (χ0n) is 12.2. The highest BCUT2D eigenvalue weighted by Gasteiger charge is 2.27. The summed E-state index contributed by atoms with van der Waals surface area (Å²) in [6.07, 6.45) is 0.971. The van der Waals surface area contributed by atoms with Crippen LogP contribution in [0.15, 0.2) is 15.9 Å². The molecule has 6 heteroatoms. The maximum Gasteiger partial charge on any atom is 0.0857 e. The summed E-state index contributed by atoms with van der Waals surface area (Å²) in [6, 6.07) is 2.39. The normalized spacial score (nSPS) is 13.7. The maximum atomic E-state index is 4.36. The number of halogens is 1. The van der Waals surface area contributed by atoms with E-state index in [9.17, 15) is 0 Å². The molecule has 2 aromatic heterocycles. The van der Waals surface area contributed by atoms with Crippen molar-refractivity contribution in [1.82, 2.24) is 14.9 Å². The van der Waals surface area contributed by atoms with E-state index in [2.05, 4.69) is 70.0 Å². The van der Waals surface area contributed by atoms with Crippen molar-refractivity contribution in [2.24, 2.45) is 0 Å². The highest BCUT2D eigenvalue weighted by atomic mass is 79.9. The highest BCUT2D eigenvalue weighted by molar-refractivity contribution is 9.10. The molecule has 1 unspecified atom stereocenters. The van der Waals surface area contributed by atoms with Crippen LogP contribution in [0, 0.1) is 0 Å². The van der Waals surface area contributed by atoms with Crippen LogP contribution in [0.5, 0.6) is 0 Å².